The predicted molar refractivity (Wildman–Crippen MR) is 95.3 cm³/mol. The van der Waals surface area contributed by atoms with Gasteiger partial charge in [-0.05, 0) is 63.9 Å². The zero-order valence-electron chi connectivity index (χ0n) is 28.1. The van der Waals surface area contributed by atoms with Crippen LogP contribution in [0, 0.1) is 5.89 Å². The molecule has 2 atom stereocenters. The Balaban J connectivity index is 2.64. The Morgan fingerprint density at radius 1 is 1.52 bits per heavy atom. The number of phenolic OH excluding ortho intramolecular Hbond substituents is 1. The number of hydrogen-bond donors (Lipinski definition) is 1. The number of unbranched alkanes of at least 4 members (excludes halogenated alkanes) is 1. The molecule has 0 unspecified atom stereocenters. The van der Waals surface area contributed by atoms with E-state index in [9.17, 15) is 7.85 Å². The molecule has 0 aromatic heterocycles. The van der Waals surface area contributed by atoms with E-state index in [0.717, 1.165) is 19.1 Å². The van der Waals surface area contributed by atoms with Crippen molar-refractivity contribution in [2.75, 3.05) is 0 Å². The van der Waals surface area contributed by atoms with Crippen LogP contribution in [0.5, 0.6) is 11.5 Å². The molecule has 1 N–H and O–H groups in total. The van der Waals surface area contributed by atoms with Crippen molar-refractivity contribution in [1.82, 2.24) is 0 Å². The number of hydrogen-bond acceptors (Lipinski definition) is 2. The van der Waals surface area contributed by atoms with Crippen molar-refractivity contribution < 1.29 is 30.4 Å². The minimum absolute atomic E-state index is 0.0364. The molecule has 2 heteroatoms. The first-order valence-corrected chi connectivity index (χ1v) is 7.60. The normalized spacial score (nSPS) is 47.7. The van der Waals surface area contributed by atoms with Crippen LogP contribution in [0.1, 0.15) is 97.1 Å². The van der Waals surface area contributed by atoms with Crippen LogP contribution in [0.15, 0.2) is 23.8 Å². The van der Waals surface area contributed by atoms with Crippen LogP contribution < -0.4 is 4.74 Å². The summed E-state index contributed by atoms with van der Waals surface area (Å²) < 4.78 is 133. The van der Waals surface area contributed by atoms with E-state index >= 15 is 0 Å². The molecule has 0 amide bonds. The van der Waals surface area contributed by atoms with Gasteiger partial charge >= 0.3 is 0 Å². The van der Waals surface area contributed by atoms with Crippen LogP contribution in [-0.4, -0.2) is 10.7 Å². The molecule has 126 valence electrons. The van der Waals surface area contributed by atoms with Gasteiger partial charge < -0.3 is 9.84 Å². The first kappa shape index (κ1) is 6.13. The lowest BCUT2D eigenvalue weighted by molar-refractivity contribution is 0.0107. The molecule has 0 spiro atoms. The fourth-order valence-corrected chi connectivity index (χ4v) is 2.61. The molecule has 1 aliphatic heterocycles. The minimum atomic E-state index is -3.92. The van der Waals surface area contributed by atoms with Crippen molar-refractivity contribution in [3.05, 3.63) is 34.9 Å². The molecule has 1 heterocycles. The molecule has 1 aliphatic carbocycles. The molecule has 0 fully saturated rings. The summed E-state index contributed by atoms with van der Waals surface area (Å²) in [6, 6.07) is 0.703. The highest BCUT2D eigenvalue weighted by Crippen LogP contribution is 2.53. The molecule has 1 aromatic rings. The standard InChI is InChI=1S/C21H30O2/c1-5-6-7-8-15-12-18(22)20-16-11-14(2)9-10-17(16)21(3,4)23-19(20)13-15/h11-13,16-17,22H,5-10H2,1-4H3/t16-,17-/m1/s1/i3D3,4D3,8D2,9D2,10D2,11D,16D,17D. The first-order valence-electron chi connectivity index (χ1n) is 15.1. The summed E-state index contributed by atoms with van der Waals surface area (Å²) in [5, 5.41) is 11.1. The highest BCUT2D eigenvalue weighted by Gasteiger charge is 2.45. The molecule has 3 rings (SSSR count). The summed E-state index contributed by atoms with van der Waals surface area (Å²) in [5.74, 6) is -8.94. The smallest absolute Gasteiger partial charge is 0.127 e. The summed E-state index contributed by atoms with van der Waals surface area (Å²) >= 11 is 0. The Morgan fingerprint density at radius 2 is 2.35 bits per heavy atom. The van der Waals surface area contributed by atoms with Crippen molar-refractivity contribution in [3.63, 3.8) is 0 Å². The van der Waals surface area contributed by atoms with Gasteiger partial charge in [-0.3, -0.25) is 0 Å². The second-order valence-electron chi connectivity index (χ2n) is 5.68. The highest BCUT2D eigenvalue weighted by molar-refractivity contribution is 5.53. The molecule has 0 bridgehead atoms. The van der Waals surface area contributed by atoms with Crippen LogP contribution in [-0.2, 0) is 6.37 Å². The fourth-order valence-electron chi connectivity index (χ4n) is 2.61. The number of fused-ring (bicyclic) bond motifs is 3. The average molecular weight is 330 g/mol. The van der Waals surface area contributed by atoms with E-state index in [2.05, 4.69) is 0 Å². The quantitative estimate of drug-likeness (QED) is 0.714. The number of rotatable bonds is 4. The highest BCUT2D eigenvalue weighted by atomic mass is 16.5. The Bertz CT molecular complexity index is 1150. The average Bonchev–Trinajstić information content (AvgIpc) is 2.75. The second kappa shape index (κ2) is 6.22. The molecular formula is C21H30O2. The summed E-state index contributed by atoms with van der Waals surface area (Å²) in [4.78, 5) is 0. The van der Waals surface area contributed by atoms with E-state index in [-0.39, 0.29) is 12.0 Å². The van der Waals surface area contributed by atoms with Gasteiger partial charge in [0.1, 0.15) is 17.1 Å². The van der Waals surface area contributed by atoms with E-state index in [1.165, 1.54) is 0 Å². The summed E-state index contributed by atoms with van der Waals surface area (Å²) in [6.45, 7) is -4.99. The van der Waals surface area contributed by atoms with Gasteiger partial charge in [-0.15, -0.1) is 0 Å². The van der Waals surface area contributed by atoms with Crippen molar-refractivity contribution in [1.29, 1.82) is 0 Å². The SMILES string of the molecule is [2H]C1=C(C)C([2H])([2H])C([2H])([2H])[C@@]2([2H])C(C([2H])([2H])[2H])(C([2H])([2H])[2H])Oc3cc(C([2H])([2H])CCCC)cc(O)c3[C@]12[2H]. The molecule has 23 heavy (non-hydrogen) atoms. The van der Waals surface area contributed by atoms with Gasteiger partial charge in [-0.2, -0.15) is 0 Å². The van der Waals surface area contributed by atoms with E-state index in [1.807, 2.05) is 6.92 Å². The third-order valence-electron chi connectivity index (χ3n) is 3.74. The van der Waals surface area contributed by atoms with Crippen molar-refractivity contribution in [2.45, 2.75) is 77.4 Å². The topological polar surface area (TPSA) is 29.5 Å². The Labute approximate surface area is 161 Å². The molecule has 1 aromatic carbocycles. The van der Waals surface area contributed by atoms with Gasteiger partial charge in [0.15, 0.2) is 0 Å². The lowest BCUT2D eigenvalue weighted by Gasteiger charge is -2.46. The Hall–Kier alpha value is -1.44. The predicted octanol–water partition coefficient (Wildman–Crippen LogP) is 5.74. The molecule has 2 nitrogen and oxygen atoms in total. The number of phenols is 1. The van der Waals surface area contributed by atoms with Crippen LogP contribution in [0.3, 0.4) is 0 Å². The van der Waals surface area contributed by atoms with Gasteiger partial charge in [-0.1, -0.05) is 31.4 Å². The first-order chi connectivity index (χ1) is 16.8. The summed E-state index contributed by atoms with van der Waals surface area (Å²) in [5.41, 5.74) is -5.67. The minimum Gasteiger partial charge on any atom is -0.507 e. The number of aryl methyl sites for hydroxylation is 1. The number of allylic oxidation sites excluding steroid dienone is 2. The van der Waals surface area contributed by atoms with Gasteiger partial charge in [0, 0.05) is 36.5 Å². The van der Waals surface area contributed by atoms with E-state index in [4.69, 9.17) is 22.6 Å². The van der Waals surface area contributed by atoms with Crippen molar-refractivity contribution in [2.24, 2.45) is 5.89 Å². The van der Waals surface area contributed by atoms with E-state index < -0.39 is 78.9 Å². The largest absolute Gasteiger partial charge is 0.507 e. The molecular weight excluding hydrogens is 284 g/mol. The van der Waals surface area contributed by atoms with Crippen LogP contribution in [0.2, 0.25) is 0 Å². The van der Waals surface area contributed by atoms with Gasteiger partial charge in [0.2, 0.25) is 0 Å². The maximum Gasteiger partial charge on any atom is 0.127 e. The van der Waals surface area contributed by atoms with E-state index in [1.54, 1.807) is 0 Å². The van der Waals surface area contributed by atoms with Crippen LogP contribution >= 0.6 is 0 Å². The van der Waals surface area contributed by atoms with Gasteiger partial charge in [0.05, 0.1) is 1.37 Å². The summed E-state index contributed by atoms with van der Waals surface area (Å²) in [6.07, 6.45) is -8.16. The molecule has 0 saturated carbocycles. The maximum absolute atomic E-state index is 11.1. The lowest BCUT2D eigenvalue weighted by Crippen LogP contribution is -2.45. The van der Waals surface area contributed by atoms with Crippen molar-refractivity contribution >= 4 is 0 Å². The third kappa shape index (κ3) is 3.13. The third-order valence-corrected chi connectivity index (χ3v) is 3.74. The van der Waals surface area contributed by atoms with E-state index in [0.29, 0.717) is 12.8 Å². The summed E-state index contributed by atoms with van der Waals surface area (Å²) in [7, 11) is 0. The molecule has 2 aliphatic rings. The maximum atomic E-state index is 11.1. The monoisotopic (exact) mass is 329 g/mol. The van der Waals surface area contributed by atoms with Crippen molar-refractivity contribution in [3.8, 4) is 11.5 Å². The number of benzene rings is 1. The number of aromatic hydroxyl groups is 1. The molecule has 0 radical (unpaired) electrons. The lowest BCUT2D eigenvalue weighted by atomic mass is 9.68. The second-order valence-corrected chi connectivity index (χ2v) is 5.68. The van der Waals surface area contributed by atoms with Crippen LogP contribution in [0.4, 0.5) is 0 Å². The van der Waals surface area contributed by atoms with Crippen LogP contribution in [0.25, 0.3) is 0 Å². The Morgan fingerprint density at radius 3 is 3.09 bits per heavy atom. The zero-order chi connectivity index (χ0) is 29.7. The zero-order valence-corrected chi connectivity index (χ0v) is 13.1. The number of ether oxygens (including phenoxy) is 1. The van der Waals surface area contributed by atoms with Gasteiger partial charge in [-0.25, -0.2) is 0 Å². The molecule has 0 saturated heterocycles. The Kier molecular flexibility index (Phi) is 1.66. The van der Waals surface area contributed by atoms with Gasteiger partial charge in [0.25, 0.3) is 0 Å². The fraction of sp³-hybridized carbons (Fsp3) is 0.619.